The third-order valence-corrected chi connectivity index (χ3v) is 3.67. The molecule has 4 N–H and O–H groups in total. The van der Waals surface area contributed by atoms with Crippen molar-refractivity contribution in [3.05, 3.63) is 41.7 Å². The topological polar surface area (TPSA) is 101 Å². The van der Waals surface area contributed by atoms with E-state index in [-0.39, 0.29) is 4.90 Å². The zero-order chi connectivity index (χ0) is 13.2. The van der Waals surface area contributed by atoms with Gasteiger partial charge in [0.2, 0.25) is 10.0 Å². The minimum Gasteiger partial charge on any atom is -0.379 e. The van der Waals surface area contributed by atoms with E-state index in [2.05, 4.69) is 15.5 Å². The maximum atomic E-state index is 11.4. The number of rotatable bonds is 4. The number of nitrogens with one attached hydrogen (secondary N) is 2. The van der Waals surface area contributed by atoms with Gasteiger partial charge in [-0.2, -0.15) is 5.10 Å². The van der Waals surface area contributed by atoms with Crippen LogP contribution in [0.1, 0.15) is 11.3 Å². The minimum atomic E-state index is -3.69. The molecule has 0 aliphatic rings. The van der Waals surface area contributed by atoms with Gasteiger partial charge in [0, 0.05) is 11.9 Å². The Morgan fingerprint density at radius 2 is 2.17 bits per heavy atom. The number of nitrogens with two attached hydrogens (primary N) is 1. The highest BCUT2D eigenvalue weighted by molar-refractivity contribution is 7.89. The molecule has 0 aliphatic carbocycles. The molecule has 0 aliphatic heterocycles. The van der Waals surface area contributed by atoms with Crippen LogP contribution in [0.25, 0.3) is 0 Å². The monoisotopic (exact) mass is 266 g/mol. The zero-order valence-corrected chi connectivity index (χ0v) is 10.7. The first-order chi connectivity index (χ1) is 8.48. The average Bonchev–Trinajstić information content (AvgIpc) is 2.79. The van der Waals surface area contributed by atoms with Gasteiger partial charge in [-0.25, -0.2) is 13.6 Å². The van der Waals surface area contributed by atoms with E-state index in [1.54, 1.807) is 25.3 Å². The lowest BCUT2D eigenvalue weighted by atomic mass is 10.2. The highest BCUT2D eigenvalue weighted by Gasteiger charge is 2.13. The number of hydrogen-bond acceptors (Lipinski definition) is 4. The van der Waals surface area contributed by atoms with E-state index in [0.717, 1.165) is 11.4 Å². The molecule has 2 rings (SSSR count). The molecule has 0 saturated heterocycles. The normalized spacial score (nSPS) is 11.4. The Morgan fingerprint density at radius 3 is 2.78 bits per heavy atom. The fourth-order valence-electron chi connectivity index (χ4n) is 1.69. The number of anilines is 1. The van der Waals surface area contributed by atoms with Gasteiger partial charge < -0.3 is 5.32 Å². The summed E-state index contributed by atoms with van der Waals surface area (Å²) in [6, 6.07) is 6.79. The molecule has 0 bridgehead atoms. The van der Waals surface area contributed by atoms with Gasteiger partial charge in [0.25, 0.3) is 0 Å². The molecule has 7 heteroatoms. The van der Waals surface area contributed by atoms with Crippen LogP contribution in [0.5, 0.6) is 0 Å². The molecule has 0 atom stereocenters. The molecule has 2 aromatic rings. The first kappa shape index (κ1) is 12.6. The van der Waals surface area contributed by atoms with E-state index in [9.17, 15) is 8.42 Å². The van der Waals surface area contributed by atoms with Crippen LogP contribution in [-0.4, -0.2) is 18.6 Å². The van der Waals surface area contributed by atoms with Crippen molar-refractivity contribution in [1.29, 1.82) is 0 Å². The second kappa shape index (κ2) is 4.79. The van der Waals surface area contributed by atoms with Crippen LogP contribution in [0.3, 0.4) is 0 Å². The van der Waals surface area contributed by atoms with Gasteiger partial charge in [0.1, 0.15) is 0 Å². The summed E-state index contributed by atoms with van der Waals surface area (Å²) < 4.78 is 22.7. The number of benzene rings is 1. The fraction of sp³-hybridized carbons (Fsp3) is 0.182. The third-order valence-electron chi connectivity index (χ3n) is 2.62. The van der Waals surface area contributed by atoms with Crippen molar-refractivity contribution in [3.63, 3.8) is 0 Å². The maximum Gasteiger partial charge on any atom is 0.238 e. The molecule has 0 amide bonds. The standard InChI is InChI=1S/C11H14N4O2S/c1-8-10(13-7-9-5-6-14-15-9)3-2-4-11(8)18(12,16)17/h2-6,13H,7H2,1H3,(H,14,15)(H2,12,16,17). The van der Waals surface area contributed by atoms with Gasteiger partial charge >= 0.3 is 0 Å². The Labute approximate surface area is 105 Å². The predicted molar refractivity (Wildman–Crippen MR) is 68.5 cm³/mol. The summed E-state index contributed by atoms with van der Waals surface area (Å²) in [5.74, 6) is 0. The van der Waals surface area contributed by atoms with Gasteiger partial charge in [-0.3, -0.25) is 5.10 Å². The fourth-order valence-corrected chi connectivity index (χ4v) is 2.49. The van der Waals surface area contributed by atoms with Crippen molar-refractivity contribution in [2.75, 3.05) is 5.32 Å². The van der Waals surface area contributed by atoms with E-state index in [1.807, 2.05) is 6.07 Å². The number of primary sulfonamides is 1. The Kier molecular flexibility index (Phi) is 3.35. The van der Waals surface area contributed by atoms with Gasteiger partial charge in [-0.15, -0.1) is 0 Å². The second-order valence-corrected chi connectivity index (χ2v) is 5.44. The molecule has 1 aromatic carbocycles. The van der Waals surface area contributed by atoms with Crippen LogP contribution in [-0.2, 0) is 16.6 Å². The lowest BCUT2D eigenvalue weighted by Crippen LogP contribution is -2.14. The summed E-state index contributed by atoms with van der Waals surface area (Å²) in [5, 5.41) is 14.9. The van der Waals surface area contributed by atoms with Crippen LogP contribution in [0.15, 0.2) is 35.4 Å². The van der Waals surface area contributed by atoms with E-state index < -0.39 is 10.0 Å². The van der Waals surface area contributed by atoms with Crippen molar-refractivity contribution in [2.45, 2.75) is 18.4 Å². The van der Waals surface area contributed by atoms with E-state index in [0.29, 0.717) is 12.1 Å². The minimum absolute atomic E-state index is 0.136. The van der Waals surface area contributed by atoms with E-state index in [4.69, 9.17) is 5.14 Å². The van der Waals surface area contributed by atoms with Gasteiger partial charge in [-0.05, 0) is 30.7 Å². The summed E-state index contributed by atoms with van der Waals surface area (Å²) in [7, 11) is -3.69. The summed E-state index contributed by atoms with van der Waals surface area (Å²) >= 11 is 0. The van der Waals surface area contributed by atoms with Crippen molar-refractivity contribution in [1.82, 2.24) is 10.2 Å². The summed E-state index contributed by atoms with van der Waals surface area (Å²) in [5.41, 5.74) is 2.26. The lowest BCUT2D eigenvalue weighted by molar-refractivity contribution is 0.597. The first-order valence-electron chi connectivity index (χ1n) is 5.33. The predicted octanol–water partition coefficient (Wildman–Crippen LogP) is 0.978. The largest absolute Gasteiger partial charge is 0.379 e. The Morgan fingerprint density at radius 1 is 1.39 bits per heavy atom. The molecule has 96 valence electrons. The van der Waals surface area contributed by atoms with Gasteiger partial charge in [-0.1, -0.05) is 6.07 Å². The van der Waals surface area contributed by atoms with Crippen LogP contribution in [0.2, 0.25) is 0 Å². The Balaban J connectivity index is 2.24. The number of nitrogens with zero attached hydrogens (tertiary/aromatic N) is 1. The summed E-state index contributed by atoms with van der Waals surface area (Å²) in [6.45, 7) is 2.25. The zero-order valence-electron chi connectivity index (χ0n) is 9.84. The van der Waals surface area contributed by atoms with Crippen LogP contribution in [0, 0.1) is 6.92 Å². The van der Waals surface area contributed by atoms with Gasteiger partial charge in [0.05, 0.1) is 17.1 Å². The number of aromatic amines is 1. The SMILES string of the molecule is Cc1c(NCc2ccn[nH]2)cccc1S(N)(=O)=O. The first-order valence-corrected chi connectivity index (χ1v) is 6.87. The molecule has 6 nitrogen and oxygen atoms in total. The van der Waals surface area contributed by atoms with Crippen molar-refractivity contribution >= 4 is 15.7 Å². The van der Waals surface area contributed by atoms with Crippen LogP contribution >= 0.6 is 0 Å². The van der Waals surface area contributed by atoms with E-state index >= 15 is 0 Å². The maximum absolute atomic E-state index is 11.4. The molecule has 0 spiro atoms. The number of sulfonamides is 1. The third kappa shape index (κ3) is 2.69. The number of aromatic nitrogens is 2. The Hall–Kier alpha value is -1.86. The molecule has 1 heterocycles. The highest BCUT2D eigenvalue weighted by atomic mass is 32.2. The average molecular weight is 266 g/mol. The summed E-state index contributed by atoms with van der Waals surface area (Å²) in [4.78, 5) is 0.136. The molecule has 0 fully saturated rings. The van der Waals surface area contributed by atoms with Crippen molar-refractivity contribution < 1.29 is 8.42 Å². The molecular formula is C11H14N4O2S. The Bertz CT molecular complexity index is 635. The molecule has 18 heavy (non-hydrogen) atoms. The van der Waals surface area contributed by atoms with Crippen LogP contribution < -0.4 is 10.5 Å². The molecular weight excluding hydrogens is 252 g/mol. The number of hydrogen-bond donors (Lipinski definition) is 3. The molecule has 0 radical (unpaired) electrons. The highest BCUT2D eigenvalue weighted by Crippen LogP contribution is 2.22. The van der Waals surface area contributed by atoms with E-state index in [1.165, 1.54) is 6.07 Å². The molecule has 0 saturated carbocycles. The lowest BCUT2D eigenvalue weighted by Gasteiger charge is -2.11. The smallest absolute Gasteiger partial charge is 0.238 e. The van der Waals surface area contributed by atoms with Gasteiger partial charge in [0.15, 0.2) is 0 Å². The van der Waals surface area contributed by atoms with Crippen LogP contribution in [0.4, 0.5) is 5.69 Å². The second-order valence-electron chi connectivity index (χ2n) is 3.91. The quantitative estimate of drug-likeness (QED) is 0.767. The van der Waals surface area contributed by atoms with Crippen molar-refractivity contribution in [3.8, 4) is 0 Å². The summed E-state index contributed by atoms with van der Waals surface area (Å²) in [6.07, 6.45) is 1.66. The molecule has 0 unspecified atom stereocenters. The molecule has 1 aromatic heterocycles. The number of H-pyrrole nitrogens is 1. The van der Waals surface area contributed by atoms with Crippen molar-refractivity contribution in [2.24, 2.45) is 5.14 Å².